The molecule has 0 saturated carbocycles. The van der Waals surface area contributed by atoms with E-state index in [0.717, 1.165) is 16.6 Å². The average Bonchev–Trinajstić information content (AvgIpc) is 2.74. The van der Waals surface area contributed by atoms with E-state index in [0.29, 0.717) is 0 Å². The highest BCUT2D eigenvalue weighted by Crippen LogP contribution is 2.27. The van der Waals surface area contributed by atoms with Gasteiger partial charge in [0.05, 0.1) is 11.7 Å². The fraction of sp³-hybridized carbons (Fsp3) is 0.312. The van der Waals surface area contributed by atoms with Gasteiger partial charge >= 0.3 is 7.12 Å². The van der Waals surface area contributed by atoms with Gasteiger partial charge in [-0.1, -0.05) is 30.3 Å². The Labute approximate surface area is 120 Å². The third-order valence-electron chi connectivity index (χ3n) is 3.87. The van der Waals surface area contributed by atoms with Crippen molar-refractivity contribution in [1.29, 1.82) is 0 Å². The van der Waals surface area contributed by atoms with E-state index in [1.165, 1.54) is 0 Å². The lowest BCUT2D eigenvalue weighted by molar-refractivity contribution is 0.0842. The minimum absolute atomic E-state index is 0.0783. The van der Waals surface area contributed by atoms with Crippen molar-refractivity contribution in [3.05, 3.63) is 48.8 Å². The Kier molecular flexibility index (Phi) is 3.36. The quantitative estimate of drug-likeness (QED) is 0.784. The second kappa shape index (κ2) is 5.04. The second-order valence-electron chi connectivity index (χ2n) is 5.70. The van der Waals surface area contributed by atoms with E-state index in [4.69, 9.17) is 9.31 Å². The maximum atomic E-state index is 6.00. The monoisotopic (exact) mass is 267 g/mol. The standard InChI is InChI=1S/C16H18BNO2/c1-12-16(2,3)20-17(19-12)15-8-4-6-13(10-15)14-7-5-9-18-11-14/h4-12H,1-3H3. The van der Waals surface area contributed by atoms with E-state index >= 15 is 0 Å². The van der Waals surface area contributed by atoms with E-state index in [9.17, 15) is 0 Å². The van der Waals surface area contributed by atoms with Crippen LogP contribution >= 0.6 is 0 Å². The highest BCUT2D eigenvalue weighted by molar-refractivity contribution is 6.62. The Hall–Kier alpha value is -1.65. The fourth-order valence-corrected chi connectivity index (χ4v) is 2.29. The van der Waals surface area contributed by atoms with Gasteiger partial charge in [0, 0.05) is 12.4 Å². The first kappa shape index (κ1) is 13.3. The zero-order valence-corrected chi connectivity index (χ0v) is 12.0. The molecular formula is C16H18BNO2. The van der Waals surface area contributed by atoms with Crippen LogP contribution in [0.3, 0.4) is 0 Å². The normalized spacial score (nSPS) is 21.1. The van der Waals surface area contributed by atoms with Gasteiger partial charge in [-0.3, -0.25) is 4.98 Å². The highest BCUT2D eigenvalue weighted by atomic mass is 16.7. The van der Waals surface area contributed by atoms with Crippen molar-refractivity contribution < 1.29 is 9.31 Å². The number of benzene rings is 1. The molecule has 1 aromatic heterocycles. The molecule has 0 N–H and O–H groups in total. The van der Waals surface area contributed by atoms with Gasteiger partial charge in [-0.2, -0.15) is 0 Å². The maximum absolute atomic E-state index is 6.00. The number of hydrogen-bond acceptors (Lipinski definition) is 3. The molecule has 102 valence electrons. The van der Waals surface area contributed by atoms with Crippen LogP contribution in [-0.4, -0.2) is 23.8 Å². The predicted octanol–water partition coefficient (Wildman–Crippen LogP) is 2.66. The van der Waals surface area contributed by atoms with Crippen LogP contribution in [0.25, 0.3) is 11.1 Å². The van der Waals surface area contributed by atoms with Crippen LogP contribution < -0.4 is 5.46 Å². The molecule has 3 rings (SSSR count). The second-order valence-corrected chi connectivity index (χ2v) is 5.70. The molecule has 1 saturated heterocycles. The van der Waals surface area contributed by atoms with Crippen LogP contribution in [0.15, 0.2) is 48.8 Å². The summed E-state index contributed by atoms with van der Waals surface area (Å²) in [6.45, 7) is 6.16. The van der Waals surface area contributed by atoms with Crippen LogP contribution in [0.1, 0.15) is 20.8 Å². The van der Waals surface area contributed by atoms with Crippen LogP contribution in [0.5, 0.6) is 0 Å². The zero-order valence-electron chi connectivity index (χ0n) is 12.0. The molecule has 1 fully saturated rings. The summed E-state index contributed by atoms with van der Waals surface area (Å²) in [6.07, 6.45) is 3.72. The summed E-state index contributed by atoms with van der Waals surface area (Å²) in [6, 6.07) is 12.2. The van der Waals surface area contributed by atoms with Gasteiger partial charge in [0.1, 0.15) is 0 Å². The summed E-state index contributed by atoms with van der Waals surface area (Å²) in [7, 11) is -0.295. The lowest BCUT2D eigenvalue weighted by atomic mass is 9.78. The van der Waals surface area contributed by atoms with Gasteiger partial charge in [-0.25, -0.2) is 0 Å². The van der Waals surface area contributed by atoms with E-state index < -0.39 is 0 Å². The largest absolute Gasteiger partial charge is 0.494 e. The summed E-state index contributed by atoms with van der Waals surface area (Å²) >= 11 is 0. The van der Waals surface area contributed by atoms with Crippen LogP contribution in [0.4, 0.5) is 0 Å². The van der Waals surface area contributed by atoms with Crippen LogP contribution in [-0.2, 0) is 9.31 Å². The SMILES string of the molecule is CC1OB(c2cccc(-c3cccnc3)c2)OC1(C)C. The summed E-state index contributed by atoms with van der Waals surface area (Å²) in [5.74, 6) is 0. The topological polar surface area (TPSA) is 31.4 Å². The van der Waals surface area contributed by atoms with Crippen molar-refractivity contribution >= 4 is 12.6 Å². The van der Waals surface area contributed by atoms with Gasteiger partial charge in [-0.05, 0) is 43.4 Å². The molecule has 1 aromatic carbocycles. The molecule has 2 heterocycles. The van der Waals surface area contributed by atoms with Crippen molar-refractivity contribution in [2.75, 3.05) is 0 Å². The van der Waals surface area contributed by atoms with E-state index in [1.54, 1.807) is 6.20 Å². The van der Waals surface area contributed by atoms with Crippen molar-refractivity contribution in [2.45, 2.75) is 32.5 Å². The Morgan fingerprint density at radius 2 is 1.95 bits per heavy atom. The van der Waals surface area contributed by atoms with Crippen molar-refractivity contribution in [3.63, 3.8) is 0 Å². The summed E-state index contributed by atoms with van der Waals surface area (Å²) in [4.78, 5) is 4.16. The number of pyridine rings is 1. The Morgan fingerprint density at radius 1 is 1.15 bits per heavy atom. The van der Waals surface area contributed by atoms with Gasteiger partial charge in [0.15, 0.2) is 0 Å². The van der Waals surface area contributed by atoms with Crippen LogP contribution in [0, 0.1) is 0 Å². The molecule has 0 radical (unpaired) electrons. The minimum atomic E-state index is -0.295. The summed E-state index contributed by atoms with van der Waals surface area (Å²) in [5, 5.41) is 0. The molecule has 20 heavy (non-hydrogen) atoms. The Morgan fingerprint density at radius 3 is 2.60 bits per heavy atom. The van der Waals surface area contributed by atoms with E-state index in [-0.39, 0.29) is 18.8 Å². The highest BCUT2D eigenvalue weighted by Gasteiger charge is 2.43. The van der Waals surface area contributed by atoms with Crippen molar-refractivity contribution in [1.82, 2.24) is 4.98 Å². The molecular weight excluding hydrogens is 249 g/mol. The lowest BCUT2D eigenvalue weighted by Gasteiger charge is -2.21. The number of hydrogen-bond donors (Lipinski definition) is 0. The number of nitrogens with zero attached hydrogens (tertiary/aromatic N) is 1. The Bertz CT molecular complexity index is 600. The van der Waals surface area contributed by atoms with Gasteiger partial charge in [0.2, 0.25) is 0 Å². The molecule has 3 nitrogen and oxygen atoms in total. The molecule has 0 spiro atoms. The van der Waals surface area contributed by atoms with Crippen molar-refractivity contribution in [2.24, 2.45) is 0 Å². The smallest absolute Gasteiger partial charge is 0.402 e. The van der Waals surface area contributed by atoms with E-state index in [1.807, 2.05) is 31.3 Å². The van der Waals surface area contributed by atoms with Gasteiger partial charge < -0.3 is 9.31 Å². The summed E-state index contributed by atoms with van der Waals surface area (Å²) in [5.41, 5.74) is 3.01. The first-order valence-electron chi connectivity index (χ1n) is 6.90. The third kappa shape index (κ3) is 2.49. The molecule has 4 heteroatoms. The van der Waals surface area contributed by atoms with Gasteiger partial charge in [-0.15, -0.1) is 0 Å². The molecule has 2 aromatic rings. The molecule has 0 bridgehead atoms. The summed E-state index contributed by atoms with van der Waals surface area (Å²) < 4.78 is 11.9. The van der Waals surface area contributed by atoms with Gasteiger partial charge in [0.25, 0.3) is 0 Å². The zero-order chi connectivity index (χ0) is 14.2. The minimum Gasteiger partial charge on any atom is -0.402 e. The molecule has 0 amide bonds. The van der Waals surface area contributed by atoms with E-state index in [2.05, 4.69) is 37.0 Å². The molecule has 1 unspecified atom stereocenters. The predicted molar refractivity (Wildman–Crippen MR) is 80.8 cm³/mol. The Balaban J connectivity index is 1.90. The first-order valence-corrected chi connectivity index (χ1v) is 6.90. The molecule has 1 aliphatic rings. The maximum Gasteiger partial charge on any atom is 0.494 e. The van der Waals surface area contributed by atoms with Crippen molar-refractivity contribution in [3.8, 4) is 11.1 Å². The fourth-order valence-electron chi connectivity index (χ4n) is 2.29. The number of aromatic nitrogens is 1. The number of rotatable bonds is 2. The molecule has 1 atom stereocenters. The molecule has 1 aliphatic heterocycles. The van der Waals surface area contributed by atoms with Crippen LogP contribution in [0.2, 0.25) is 0 Å². The molecule has 0 aliphatic carbocycles. The first-order chi connectivity index (χ1) is 9.56. The average molecular weight is 267 g/mol. The third-order valence-corrected chi connectivity index (χ3v) is 3.87. The lowest BCUT2D eigenvalue weighted by Crippen LogP contribution is -2.34.